The number of hydrogen-bond acceptors (Lipinski definition) is 2. The molecule has 0 spiro atoms. The fourth-order valence-corrected chi connectivity index (χ4v) is 1.41. The highest BCUT2D eigenvalue weighted by Gasteiger charge is 2.44. The van der Waals surface area contributed by atoms with Crippen LogP contribution in [-0.4, -0.2) is 43.4 Å². The van der Waals surface area contributed by atoms with Gasteiger partial charge in [0.15, 0.2) is 0 Å². The molecule has 0 bridgehead atoms. The lowest BCUT2D eigenvalue weighted by atomic mass is 9.94. The third-order valence-corrected chi connectivity index (χ3v) is 3.36. The maximum atomic E-state index is 5.96. The fourth-order valence-electron chi connectivity index (χ4n) is 1.41. The quantitative estimate of drug-likeness (QED) is 0.476. The van der Waals surface area contributed by atoms with Crippen LogP contribution in [-0.2, 0) is 0 Å². The Balaban J connectivity index is 2.82. The molecular weight excluding hydrogens is 138 g/mol. The monoisotopic (exact) mass is 158 g/mol. The van der Waals surface area contributed by atoms with Crippen LogP contribution in [0.25, 0.3) is 0 Å². The Kier molecular flexibility index (Phi) is 1.99. The van der Waals surface area contributed by atoms with Crippen molar-refractivity contribution in [3.63, 3.8) is 0 Å². The molecule has 66 valence electrons. The highest BCUT2D eigenvalue weighted by Crippen LogP contribution is 2.23. The van der Waals surface area contributed by atoms with Crippen LogP contribution in [0.4, 0.5) is 0 Å². The first-order valence-electron chi connectivity index (χ1n) is 4.20. The Morgan fingerprint density at radius 2 is 2.00 bits per heavy atom. The second-order valence-electron chi connectivity index (χ2n) is 4.49. The van der Waals surface area contributed by atoms with Crippen molar-refractivity contribution in [2.24, 2.45) is 5.73 Å². The molecule has 3 nitrogen and oxygen atoms in total. The molecule has 0 aromatic heterocycles. The van der Waals surface area contributed by atoms with Crippen LogP contribution in [0.5, 0.6) is 0 Å². The van der Waals surface area contributed by atoms with Gasteiger partial charge in [-0.1, -0.05) is 0 Å². The maximum Gasteiger partial charge on any atom is 0.122 e. The summed E-state index contributed by atoms with van der Waals surface area (Å²) < 4.78 is 1.00. The molecular formula is C8H20N3+. The van der Waals surface area contributed by atoms with Gasteiger partial charge in [-0.2, -0.15) is 0 Å². The number of piperazine rings is 1. The maximum absolute atomic E-state index is 5.96. The van der Waals surface area contributed by atoms with E-state index in [1.807, 2.05) is 0 Å². The van der Waals surface area contributed by atoms with Crippen molar-refractivity contribution in [1.29, 1.82) is 0 Å². The summed E-state index contributed by atoms with van der Waals surface area (Å²) in [7, 11) is 4.47. The van der Waals surface area contributed by atoms with E-state index in [-0.39, 0.29) is 11.7 Å². The molecule has 0 aliphatic carbocycles. The minimum absolute atomic E-state index is 0.117. The van der Waals surface area contributed by atoms with Crippen molar-refractivity contribution < 1.29 is 4.48 Å². The van der Waals surface area contributed by atoms with E-state index in [2.05, 4.69) is 33.3 Å². The lowest BCUT2D eigenvalue weighted by molar-refractivity contribution is -0.943. The third-order valence-electron chi connectivity index (χ3n) is 3.36. The number of likely N-dealkylation sites (N-methyl/N-ethyl adjacent to an activating group) is 1. The Hall–Kier alpha value is -0.120. The molecule has 1 aliphatic heterocycles. The topological polar surface area (TPSA) is 38.0 Å². The molecule has 1 atom stereocenters. The Morgan fingerprint density at radius 3 is 2.36 bits per heavy atom. The molecule has 0 saturated carbocycles. The average Bonchev–Trinajstić information content (AvgIpc) is 1.84. The second-order valence-corrected chi connectivity index (χ2v) is 4.49. The molecule has 3 heteroatoms. The minimum Gasteiger partial charge on any atom is -0.321 e. The molecule has 1 aliphatic rings. The van der Waals surface area contributed by atoms with Crippen molar-refractivity contribution in [3.8, 4) is 0 Å². The van der Waals surface area contributed by atoms with E-state index in [1.54, 1.807) is 0 Å². The van der Waals surface area contributed by atoms with Crippen molar-refractivity contribution in [2.45, 2.75) is 25.6 Å². The van der Waals surface area contributed by atoms with Crippen molar-refractivity contribution in [2.75, 3.05) is 27.2 Å². The Bertz CT molecular complexity index is 151. The van der Waals surface area contributed by atoms with Crippen LogP contribution in [0, 0.1) is 0 Å². The van der Waals surface area contributed by atoms with E-state index < -0.39 is 0 Å². The van der Waals surface area contributed by atoms with Gasteiger partial charge in [0, 0.05) is 6.54 Å². The number of nitrogens with one attached hydrogen (secondary N) is 1. The summed E-state index contributed by atoms with van der Waals surface area (Å²) in [6.07, 6.45) is 0.117. The van der Waals surface area contributed by atoms with Crippen LogP contribution in [0.2, 0.25) is 0 Å². The largest absolute Gasteiger partial charge is 0.321 e. The van der Waals surface area contributed by atoms with Crippen molar-refractivity contribution >= 4 is 0 Å². The first-order chi connectivity index (χ1) is 4.88. The summed E-state index contributed by atoms with van der Waals surface area (Å²) in [5.41, 5.74) is 6.10. The van der Waals surface area contributed by atoms with E-state index in [0.29, 0.717) is 0 Å². The zero-order valence-corrected chi connectivity index (χ0v) is 8.02. The van der Waals surface area contributed by atoms with E-state index in [1.165, 1.54) is 0 Å². The molecule has 1 saturated heterocycles. The molecule has 3 N–H and O–H groups in total. The van der Waals surface area contributed by atoms with E-state index >= 15 is 0 Å². The van der Waals surface area contributed by atoms with Gasteiger partial charge in [-0.3, -0.25) is 5.32 Å². The third kappa shape index (κ3) is 1.28. The second kappa shape index (κ2) is 2.44. The van der Waals surface area contributed by atoms with Crippen molar-refractivity contribution in [3.05, 3.63) is 0 Å². The van der Waals surface area contributed by atoms with Crippen molar-refractivity contribution in [1.82, 2.24) is 5.32 Å². The van der Waals surface area contributed by atoms with Crippen LogP contribution >= 0.6 is 0 Å². The summed E-state index contributed by atoms with van der Waals surface area (Å²) in [4.78, 5) is 0. The van der Waals surface area contributed by atoms with Gasteiger partial charge in [0.25, 0.3) is 0 Å². The van der Waals surface area contributed by atoms with Gasteiger partial charge >= 0.3 is 0 Å². The molecule has 0 amide bonds. The Morgan fingerprint density at radius 1 is 1.45 bits per heavy atom. The predicted molar refractivity (Wildman–Crippen MR) is 47.0 cm³/mol. The summed E-state index contributed by atoms with van der Waals surface area (Å²) >= 11 is 0. The zero-order chi connectivity index (χ0) is 8.70. The minimum atomic E-state index is 0.117. The summed E-state index contributed by atoms with van der Waals surface area (Å²) in [6, 6.07) is 0. The van der Waals surface area contributed by atoms with E-state index in [0.717, 1.165) is 17.6 Å². The van der Waals surface area contributed by atoms with Gasteiger partial charge in [0.05, 0.1) is 20.6 Å². The van der Waals surface area contributed by atoms with Crippen LogP contribution in [0.15, 0.2) is 0 Å². The number of nitrogens with zero attached hydrogens (tertiary/aromatic N) is 1. The fraction of sp³-hybridized carbons (Fsp3) is 1.00. The first kappa shape index (κ1) is 8.97. The molecule has 0 aromatic carbocycles. The zero-order valence-electron chi connectivity index (χ0n) is 8.02. The van der Waals surface area contributed by atoms with Gasteiger partial charge < -0.3 is 10.2 Å². The highest BCUT2D eigenvalue weighted by atomic mass is 15.4. The lowest BCUT2D eigenvalue weighted by Gasteiger charge is -2.51. The molecule has 0 radical (unpaired) electrons. The molecule has 1 heterocycles. The molecule has 1 unspecified atom stereocenters. The number of nitrogens with two attached hydrogens (primary N) is 1. The summed E-state index contributed by atoms with van der Waals surface area (Å²) in [6.45, 7) is 6.60. The lowest BCUT2D eigenvalue weighted by Crippen LogP contribution is -2.74. The van der Waals surface area contributed by atoms with Gasteiger partial charge in [-0.05, 0) is 13.8 Å². The van der Waals surface area contributed by atoms with Crippen LogP contribution in [0.1, 0.15) is 13.8 Å². The standard InChI is InChI=1S/C8H20N3/c1-8(2)7(9)10-5-6-11(8,3)4/h7,10H,5-6,9H2,1-4H3/q+1. The SMILES string of the molecule is CC1(C)C(N)NCC[N+]1(C)C. The normalized spacial score (nSPS) is 35.2. The Labute approximate surface area is 69.1 Å². The highest BCUT2D eigenvalue weighted by molar-refractivity contribution is 4.84. The van der Waals surface area contributed by atoms with Gasteiger partial charge in [0.1, 0.15) is 11.7 Å². The molecule has 0 aromatic rings. The molecule has 11 heavy (non-hydrogen) atoms. The van der Waals surface area contributed by atoms with E-state index in [9.17, 15) is 0 Å². The number of quaternary nitrogens is 1. The van der Waals surface area contributed by atoms with Gasteiger partial charge in [-0.15, -0.1) is 0 Å². The average molecular weight is 158 g/mol. The molecule has 1 rings (SSSR count). The first-order valence-corrected chi connectivity index (χ1v) is 4.20. The van der Waals surface area contributed by atoms with Crippen LogP contribution in [0.3, 0.4) is 0 Å². The summed E-state index contributed by atoms with van der Waals surface area (Å²) in [5.74, 6) is 0. The predicted octanol–water partition coefficient (Wildman–Crippen LogP) is -0.271. The number of hydrogen-bond donors (Lipinski definition) is 2. The molecule has 1 fully saturated rings. The van der Waals surface area contributed by atoms with Crippen LogP contribution < -0.4 is 11.1 Å². The smallest absolute Gasteiger partial charge is 0.122 e. The van der Waals surface area contributed by atoms with Gasteiger partial charge in [-0.25, -0.2) is 0 Å². The van der Waals surface area contributed by atoms with E-state index in [4.69, 9.17) is 5.73 Å². The summed E-state index contributed by atoms with van der Waals surface area (Å²) in [5, 5.41) is 3.29. The number of rotatable bonds is 0. The van der Waals surface area contributed by atoms with Gasteiger partial charge in [0.2, 0.25) is 0 Å².